The molecule has 1 unspecified atom stereocenters. The predicted molar refractivity (Wildman–Crippen MR) is 307 cm³/mol. The minimum absolute atomic E-state index is 0.0752. The van der Waals surface area contributed by atoms with E-state index in [9.17, 15) is 14.4 Å². The third-order valence-corrected chi connectivity index (χ3v) is 13.8. The fraction of sp³-hybridized carbons (Fsp3) is 0.831. The number of unbranched alkanes of at least 4 members (excludes halogenated alkanes) is 38. The number of ether oxygens (including phenoxy) is 3. The minimum Gasteiger partial charge on any atom is -0.462 e. The molecule has 0 rings (SSSR count). The number of allylic oxidation sites excluding steroid dienone is 8. The molecule has 0 aliphatic rings. The molecule has 0 saturated heterocycles. The van der Waals surface area contributed by atoms with Gasteiger partial charge in [-0.2, -0.15) is 0 Å². The standard InChI is InChI=1S/C65H118O6/c1-4-7-10-13-16-19-21-23-25-27-28-29-30-31-32-33-34-35-36-37-38-39-41-42-44-46-49-52-55-58-64(67)70-61-62(60-69-63(66)57-54-51-48-18-15-12-9-6-3)71-65(68)59-56-53-50-47-45-43-40-26-24-22-20-17-14-11-8-5-2/h20-23,26-28,40,62H,4-19,24-25,29-39,41-61H2,1-3H3/b22-20-,23-21-,28-27-,40-26-. The van der Waals surface area contributed by atoms with Crippen LogP contribution in [0.1, 0.15) is 329 Å². The molecule has 0 fully saturated rings. The van der Waals surface area contributed by atoms with Gasteiger partial charge in [0.15, 0.2) is 6.10 Å². The first kappa shape index (κ1) is 68.4. The van der Waals surface area contributed by atoms with Crippen molar-refractivity contribution in [3.63, 3.8) is 0 Å². The van der Waals surface area contributed by atoms with Gasteiger partial charge in [-0.3, -0.25) is 14.4 Å². The van der Waals surface area contributed by atoms with Gasteiger partial charge >= 0.3 is 17.9 Å². The van der Waals surface area contributed by atoms with E-state index in [-0.39, 0.29) is 31.1 Å². The van der Waals surface area contributed by atoms with Crippen molar-refractivity contribution >= 4 is 17.9 Å². The summed E-state index contributed by atoms with van der Waals surface area (Å²) in [6, 6.07) is 0. The van der Waals surface area contributed by atoms with Gasteiger partial charge in [-0.1, -0.05) is 275 Å². The summed E-state index contributed by atoms with van der Waals surface area (Å²) in [5.74, 6) is -0.878. The number of carbonyl (C=O) groups is 3. The van der Waals surface area contributed by atoms with Gasteiger partial charge in [-0.05, 0) is 83.5 Å². The van der Waals surface area contributed by atoms with Crippen LogP contribution in [-0.4, -0.2) is 37.2 Å². The zero-order chi connectivity index (χ0) is 51.4. The molecule has 71 heavy (non-hydrogen) atoms. The number of esters is 3. The van der Waals surface area contributed by atoms with E-state index >= 15 is 0 Å². The summed E-state index contributed by atoms with van der Waals surface area (Å²) >= 11 is 0. The lowest BCUT2D eigenvalue weighted by atomic mass is 10.0. The molecule has 0 aliphatic carbocycles. The van der Waals surface area contributed by atoms with Gasteiger partial charge in [0.2, 0.25) is 0 Å². The second-order valence-electron chi connectivity index (χ2n) is 21.0. The van der Waals surface area contributed by atoms with Crippen LogP contribution in [0, 0.1) is 0 Å². The van der Waals surface area contributed by atoms with Crippen LogP contribution in [-0.2, 0) is 28.6 Å². The molecule has 0 saturated carbocycles. The number of carbonyl (C=O) groups excluding carboxylic acids is 3. The van der Waals surface area contributed by atoms with E-state index in [0.29, 0.717) is 19.3 Å². The SMILES string of the molecule is CCCCCC/C=C\C/C=C\CCCCCCCC(=O)OC(COC(=O)CCCCCCCCCC)COC(=O)CCCCCCCCCCCCCCCCCCC/C=C\C/C=C\CCCCCCC. The Kier molecular flexibility index (Phi) is 57.7. The summed E-state index contributed by atoms with van der Waals surface area (Å²) in [5, 5.41) is 0. The third kappa shape index (κ3) is 58.1. The lowest BCUT2D eigenvalue weighted by Gasteiger charge is -2.18. The molecule has 0 amide bonds. The molecule has 0 bridgehead atoms. The Morgan fingerprint density at radius 1 is 0.282 bits per heavy atom. The van der Waals surface area contributed by atoms with Crippen LogP contribution >= 0.6 is 0 Å². The summed E-state index contributed by atoms with van der Waals surface area (Å²) in [6.07, 6.45) is 74.2. The summed E-state index contributed by atoms with van der Waals surface area (Å²) in [4.78, 5) is 38.0. The maximum Gasteiger partial charge on any atom is 0.306 e. The number of hydrogen-bond acceptors (Lipinski definition) is 6. The Hall–Kier alpha value is -2.63. The molecule has 0 aliphatic heterocycles. The van der Waals surface area contributed by atoms with Crippen molar-refractivity contribution in [3.8, 4) is 0 Å². The predicted octanol–water partition coefficient (Wildman–Crippen LogP) is 21.0. The molecular formula is C65H118O6. The molecule has 0 aromatic heterocycles. The van der Waals surface area contributed by atoms with E-state index in [1.807, 2.05) is 0 Å². The van der Waals surface area contributed by atoms with Crippen LogP contribution in [0.4, 0.5) is 0 Å². The summed E-state index contributed by atoms with van der Waals surface area (Å²) < 4.78 is 16.8. The molecular weight excluding hydrogens is 877 g/mol. The lowest BCUT2D eigenvalue weighted by molar-refractivity contribution is -0.167. The Balaban J connectivity index is 4.09. The summed E-state index contributed by atoms with van der Waals surface area (Å²) in [5.41, 5.74) is 0. The van der Waals surface area contributed by atoms with Crippen molar-refractivity contribution in [3.05, 3.63) is 48.6 Å². The first-order valence-corrected chi connectivity index (χ1v) is 31.1. The highest BCUT2D eigenvalue weighted by Gasteiger charge is 2.19. The summed E-state index contributed by atoms with van der Waals surface area (Å²) in [6.45, 7) is 6.61. The Morgan fingerprint density at radius 2 is 0.507 bits per heavy atom. The average Bonchev–Trinajstić information content (AvgIpc) is 3.37. The molecule has 6 nitrogen and oxygen atoms in total. The topological polar surface area (TPSA) is 78.9 Å². The van der Waals surface area contributed by atoms with Gasteiger partial charge in [-0.25, -0.2) is 0 Å². The first-order valence-electron chi connectivity index (χ1n) is 31.1. The Bertz CT molecular complexity index is 1230. The highest BCUT2D eigenvalue weighted by atomic mass is 16.6. The van der Waals surface area contributed by atoms with Gasteiger partial charge in [0, 0.05) is 19.3 Å². The van der Waals surface area contributed by atoms with Crippen LogP contribution < -0.4 is 0 Å². The van der Waals surface area contributed by atoms with E-state index in [1.54, 1.807) is 0 Å². The zero-order valence-corrected chi connectivity index (χ0v) is 47.5. The van der Waals surface area contributed by atoms with Gasteiger partial charge in [-0.15, -0.1) is 0 Å². The van der Waals surface area contributed by atoms with Crippen molar-refractivity contribution in [1.29, 1.82) is 0 Å². The second-order valence-corrected chi connectivity index (χ2v) is 21.0. The number of rotatable bonds is 57. The van der Waals surface area contributed by atoms with Crippen LogP contribution in [0.15, 0.2) is 48.6 Å². The molecule has 0 aromatic rings. The highest BCUT2D eigenvalue weighted by Crippen LogP contribution is 2.17. The molecule has 0 aromatic carbocycles. The fourth-order valence-electron chi connectivity index (χ4n) is 9.09. The van der Waals surface area contributed by atoms with Crippen molar-refractivity contribution in [1.82, 2.24) is 0 Å². The van der Waals surface area contributed by atoms with Crippen molar-refractivity contribution in [2.45, 2.75) is 335 Å². The molecule has 1 atom stereocenters. The molecule has 0 radical (unpaired) electrons. The quantitative estimate of drug-likeness (QED) is 0.0261. The van der Waals surface area contributed by atoms with E-state index in [1.165, 1.54) is 199 Å². The molecule has 6 heteroatoms. The van der Waals surface area contributed by atoms with E-state index in [4.69, 9.17) is 14.2 Å². The van der Waals surface area contributed by atoms with Crippen LogP contribution in [0.2, 0.25) is 0 Å². The normalized spacial score (nSPS) is 12.3. The number of hydrogen-bond donors (Lipinski definition) is 0. The van der Waals surface area contributed by atoms with Gasteiger partial charge < -0.3 is 14.2 Å². The monoisotopic (exact) mass is 995 g/mol. The van der Waals surface area contributed by atoms with E-state index < -0.39 is 6.10 Å². The second kappa shape index (κ2) is 59.9. The Labute approximate surface area is 441 Å². The average molecular weight is 996 g/mol. The van der Waals surface area contributed by atoms with Gasteiger partial charge in [0.1, 0.15) is 13.2 Å². The molecule has 0 heterocycles. The Morgan fingerprint density at radius 3 is 0.789 bits per heavy atom. The maximum atomic E-state index is 12.8. The minimum atomic E-state index is -0.776. The van der Waals surface area contributed by atoms with E-state index in [2.05, 4.69) is 69.4 Å². The van der Waals surface area contributed by atoms with Crippen LogP contribution in [0.25, 0.3) is 0 Å². The maximum absolute atomic E-state index is 12.8. The molecule has 0 spiro atoms. The fourth-order valence-corrected chi connectivity index (χ4v) is 9.09. The third-order valence-electron chi connectivity index (χ3n) is 13.8. The lowest BCUT2D eigenvalue weighted by Crippen LogP contribution is -2.30. The van der Waals surface area contributed by atoms with Gasteiger partial charge in [0.05, 0.1) is 0 Å². The summed E-state index contributed by atoms with van der Waals surface area (Å²) in [7, 11) is 0. The first-order chi connectivity index (χ1) is 35.0. The smallest absolute Gasteiger partial charge is 0.306 e. The van der Waals surface area contributed by atoms with Gasteiger partial charge in [0.25, 0.3) is 0 Å². The zero-order valence-electron chi connectivity index (χ0n) is 47.5. The molecule has 414 valence electrons. The van der Waals surface area contributed by atoms with Crippen molar-refractivity contribution in [2.75, 3.05) is 13.2 Å². The largest absolute Gasteiger partial charge is 0.462 e. The van der Waals surface area contributed by atoms with Crippen molar-refractivity contribution < 1.29 is 28.6 Å². The van der Waals surface area contributed by atoms with Crippen LogP contribution in [0.5, 0.6) is 0 Å². The van der Waals surface area contributed by atoms with Crippen LogP contribution in [0.3, 0.4) is 0 Å². The van der Waals surface area contributed by atoms with E-state index in [0.717, 1.165) is 89.9 Å². The van der Waals surface area contributed by atoms with Crippen molar-refractivity contribution in [2.24, 2.45) is 0 Å². The highest BCUT2D eigenvalue weighted by molar-refractivity contribution is 5.71. The molecule has 0 N–H and O–H groups in total.